The molecule has 100 valence electrons. The molecule has 0 N–H and O–H groups in total. The minimum Gasteiger partial charge on any atom is -0.370 e. The maximum atomic E-state index is 6.29. The topological polar surface area (TPSA) is 9.23 Å². The molecule has 0 spiro atoms. The first-order valence-electron chi connectivity index (χ1n) is 6.91. The first-order chi connectivity index (χ1) is 8.15. The van der Waals surface area contributed by atoms with Crippen molar-refractivity contribution in [1.82, 2.24) is 0 Å². The molecule has 1 aliphatic heterocycles. The van der Waals surface area contributed by atoms with Gasteiger partial charge in [0.2, 0.25) is 0 Å². The van der Waals surface area contributed by atoms with E-state index in [1.807, 2.05) is 0 Å². The van der Waals surface area contributed by atoms with Crippen LogP contribution in [0.2, 0.25) is 18.6 Å². The van der Waals surface area contributed by atoms with Crippen molar-refractivity contribution in [3.05, 3.63) is 30.3 Å². The van der Waals surface area contributed by atoms with Crippen molar-refractivity contribution >= 4 is 13.3 Å². The lowest BCUT2D eigenvalue weighted by atomic mass is 10.00. The quantitative estimate of drug-likeness (QED) is 0.733. The van der Waals surface area contributed by atoms with Crippen molar-refractivity contribution in [3.63, 3.8) is 0 Å². The molecule has 0 aliphatic carbocycles. The van der Waals surface area contributed by atoms with Crippen LogP contribution in [0.3, 0.4) is 0 Å². The van der Waals surface area contributed by atoms with E-state index in [1.165, 1.54) is 6.42 Å². The molecule has 1 aliphatic rings. The monoisotopic (exact) mass is 262 g/mol. The molecule has 0 radical (unpaired) electrons. The fourth-order valence-electron chi connectivity index (χ4n) is 3.76. The Morgan fingerprint density at radius 3 is 2.06 bits per heavy atom. The molecule has 0 bridgehead atoms. The summed E-state index contributed by atoms with van der Waals surface area (Å²) in [4.78, 5) is 0. The van der Waals surface area contributed by atoms with Crippen LogP contribution in [0.25, 0.3) is 0 Å². The third-order valence-corrected chi connectivity index (χ3v) is 8.93. The van der Waals surface area contributed by atoms with Crippen LogP contribution in [0.1, 0.15) is 34.1 Å². The number of benzene rings is 1. The second-order valence-electron chi connectivity index (χ2n) is 7.31. The molecule has 0 amide bonds. The van der Waals surface area contributed by atoms with Crippen LogP contribution < -0.4 is 5.19 Å². The second-order valence-corrected chi connectivity index (χ2v) is 12.0. The predicted octanol–water partition coefficient (Wildman–Crippen LogP) is 3.95. The van der Waals surface area contributed by atoms with Gasteiger partial charge in [-0.2, -0.15) is 0 Å². The summed E-state index contributed by atoms with van der Waals surface area (Å²) in [7, 11) is -1.50. The van der Waals surface area contributed by atoms with E-state index < -0.39 is 8.07 Å². The normalized spacial score (nSPS) is 26.2. The third-order valence-electron chi connectivity index (χ3n) is 4.46. The summed E-state index contributed by atoms with van der Waals surface area (Å²) in [6.45, 7) is 14.0. The fraction of sp³-hybridized carbons (Fsp3) is 0.625. The summed E-state index contributed by atoms with van der Waals surface area (Å²) in [5.41, 5.74) is 0.685. The first-order valence-corrected chi connectivity index (χ1v) is 9.99. The molecule has 1 fully saturated rings. The van der Waals surface area contributed by atoms with E-state index in [2.05, 4.69) is 71.1 Å². The van der Waals surface area contributed by atoms with E-state index in [1.54, 1.807) is 5.19 Å². The Morgan fingerprint density at radius 1 is 1.06 bits per heavy atom. The Balaban J connectivity index is 2.36. The van der Waals surface area contributed by atoms with Gasteiger partial charge in [0.05, 0.1) is 19.3 Å². The second kappa shape index (κ2) is 4.21. The van der Waals surface area contributed by atoms with Crippen LogP contribution in [-0.4, -0.2) is 19.3 Å². The first kappa shape index (κ1) is 13.8. The van der Waals surface area contributed by atoms with Gasteiger partial charge in [0, 0.05) is 0 Å². The molecule has 1 atom stereocenters. The van der Waals surface area contributed by atoms with Gasteiger partial charge in [-0.1, -0.05) is 48.6 Å². The molecule has 1 nitrogen and oxygen atoms in total. The minimum atomic E-state index is -1.50. The molecule has 1 aromatic carbocycles. The van der Waals surface area contributed by atoms with E-state index >= 15 is 0 Å². The fourth-order valence-corrected chi connectivity index (χ4v) is 8.01. The summed E-state index contributed by atoms with van der Waals surface area (Å²) in [6, 6.07) is 11.0. The number of rotatable bonds is 2. The van der Waals surface area contributed by atoms with E-state index in [4.69, 9.17) is 4.74 Å². The zero-order chi connectivity index (χ0) is 13.6. The molecule has 0 unspecified atom stereocenters. The van der Waals surface area contributed by atoms with E-state index in [0.717, 1.165) is 0 Å². The van der Waals surface area contributed by atoms with Crippen molar-refractivity contribution in [1.29, 1.82) is 0 Å². The number of hydrogen-bond donors (Lipinski definition) is 0. The molecule has 1 aromatic rings. The minimum absolute atomic E-state index is 0.00490. The van der Waals surface area contributed by atoms with Gasteiger partial charge in [-0.05, 0) is 39.7 Å². The average molecular weight is 262 g/mol. The maximum absolute atomic E-state index is 6.29. The van der Waals surface area contributed by atoms with Crippen molar-refractivity contribution in [2.45, 2.75) is 64.0 Å². The highest BCUT2D eigenvalue weighted by molar-refractivity contribution is 6.91. The Labute approximate surface area is 113 Å². The van der Waals surface area contributed by atoms with E-state index in [0.29, 0.717) is 5.54 Å². The van der Waals surface area contributed by atoms with Crippen LogP contribution in [0, 0.1) is 0 Å². The average Bonchev–Trinajstić information content (AvgIpc) is 2.48. The van der Waals surface area contributed by atoms with Crippen molar-refractivity contribution < 1.29 is 4.74 Å². The SMILES string of the molecule is CC1(C)C[C@H]([Si](C)(C)c2ccccc2)C(C)(C)O1. The van der Waals surface area contributed by atoms with Gasteiger partial charge in [0.1, 0.15) is 0 Å². The zero-order valence-electron chi connectivity index (χ0n) is 12.6. The smallest absolute Gasteiger partial charge is 0.0866 e. The van der Waals surface area contributed by atoms with Crippen LogP contribution >= 0.6 is 0 Å². The lowest BCUT2D eigenvalue weighted by molar-refractivity contribution is -0.0645. The van der Waals surface area contributed by atoms with Gasteiger partial charge in [-0.3, -0.25) is 0 Å². The van der Waals surface area contributed by atoms with Crippen LogP contribution in [0.5, 0.6) is 0 Å². The highest BCUT2D eigenvalue weighted by atomic mass is 28.3. The van der Waals surface area contributed by atoms with Crippen LogP contribution in [-0.2, 0) is 4.74 Å². The van der Waals surface area contributed by atoms with E-state index in [9.17, 15) is 0 Å². The van der Waals surface area contributed by atoms with Gasteiger partial charge in [0.25, 0.3) is 0 Å². The van der Waals surface area contributed by atoms with Gasteiger partial charge in [-0.15, -0.1) is 0 Å². The third kappa shape index (κ3) is 2.41. The Hall–Kier alpha value is -0.603. The Kier molecular flexibility index (Phi) is 3.23. The molecule has 1 heterocycles. The van der Waals surface area contributed by atoms with Gasteiger partial charge < -0.3 is 4.74 Å². The molecule has 2 heteroatoms. The van der Waals surface area contributed by atoms with Crippen LogP contribution in [0.4, 0.5) is 0 Å². The van der Waals surface area contributed by atoms with Crippen molar-refractivity contribution in [3.8, 4) is 0 Å². The molecule has 18 heavy (non-hydrogen) atoms. The highest BCUT2D eigenvalue weighted by Crippen LogP contribution is 2.50. The van der Waals surface area contributed by atoms with Gasteiger partial charge >= 0.3 is 0 Å². The van der Waals surface area contributed by atoms with E-state index in [-0.39, 0.29) is 11.2 Å². The lowest BCUT2D eigenvalue weighted by Gasteiger charge is -2.37. The summed E-state index contributed by atoms with van der Waals surface area (Å²) in [6.07, 6.45) is 1.17. The van der Waals surface area contributed by atoms with Crippen molar-refractivity contribution in [2.75, 3.05) is 0 Å². The van der Waals surface area contributed by atoms with Crippen molar-refractivity contribution in [2.24, 2.45) is 0 Å². The Morgan fingerprint density at radius 2 is 1.61 bits per heavy atom. The standard InChI is InChI=1S/C16H26OSi/c1-15(2)12-14(16(3,4)17-15)18(5,6)13-10-8-7-9-11-13/h7-11,14H,12H2,1-6H3/t14-/m0/s1. The molecular weight excluding hydrogens is 236 g/mol. The predicted molar refractivity (Wildman–Crippen MR) is 81.2 cm³/mol. The highest BCUT2D eigenvalue weighted by Gasteiger charge is 2.53. The summed E-state index contributed by atoms with van der Waals surface area (Å²) >= 11 is 0. The van der Waals surface area contributed by atoms with Gasteiger partial charge in [0.15, 0.2) is 0 Å². The molecule has 1 saturated heterocycles. The van der Waals surface area contributed by atoms with Crippen LogP contribution in [0.15, 0.2) is 30.3 Å². The molecule has 0 aromatic heterocycles. The summed E-state index contributed by atoms with van der Waals surface area (Å²) in [5, 5.41) is 1.55. The largest absolute Gasteiger partial charge is 0.370 e. The van der Waals surface area contributed by atoms with Gasteiger partial charge in [-0.25, -0.2) is 0 Å². The molecular formula is C16H26OSi. The Bertz CT molecular complexity index is 420. The maximum Gasteiger partial charge on any atom is 0.0866 e. The number of hydrogen-bond acceptors (Lipinski definition) is 1. The number of ether oxygens (including phenoxy) is 1. The zero-order valence-corrected chi connectivity index (χ0v) is 13.6. The molecule has 2 rings (SSSR count). The summed E-state index contributed by atoms with van der Waals surface area (Å²) < 4.78 is 6.29. The summed E-state index contributed by atoms with van der Waals surface area (Å²) in [5.74, 6) is 0. The molecule has 0 saturated carbocycles. The lowest BCUT2D eigenvalue weighted by Crippen LogP contribution is -2.51.